The fraction of sp³-hybridized carbons (Fsp3) is 0.765. The lowest BCUT2D eigenvalue weighted by Crippen LogP contribution is -2.52. The van der Waals surface area contributed by atoms with Crippen LogP contribution in [0.5, 0.6) is 0 Å². The molecule has 5 nitrogen and oxygen atoms in total. The molecular weight excluding hydrogens is 276 g/mol. The van der Waals surface area contributed by atoms with Crippen molar-refractivity contribution in [2.75, 3.05) is 6.54 Å². The first-order valence-corrected chi connectivity index (χ1v) is 8.63. The van der Waals surface area contributed by atoms with E-state index in [-0.39, 0.29) is 12.1 Å². The van der Waals surface area contributed by atoms with E-state index in [1.54, 1.807) is 0 Å². The molecule has 2 amide bonds. The van der Waals surface area contributed by atoms with Crippen molar-refractivity contribution in [1.29, 1.82) is 0 Å². The van der Waals surface area contributed by atoms with Gasteiger partial charge in [0.15, 0.2) is 0 Å². The van der Waals surface area contributed by atoms with E-state index in [1.807, 2.05) is 11.6 Å². The number of hydrogen-bond donors (Lipinski definition) is 1. The maximum atomic E-state index is 12.6. The molecule has 3 unspecified atom stereocenters. The quantitative estimate of drug-likeness (QED) is 0.933. The zero-order chi connectivity index (χ0) is 15.7. The molecule has 1 saturated carbocycles. The largest absolute Gasteiger partial charge is 0.334 e. The lowest BCUT2D eigenvalue weighted by molar-refractivity contribution is 0.125. The molecule has 0 spiro atoms. The number of fused-ring (bicyclic) bond motifs is 1. The number of carbonyl (C=O) groups is 1. The number of likely N-dealkylation sites (tertiary alicyclic amines) is 1. The Labute approximate surface area is 133 Å². The molecule has 1 aliphatic carbocycles. The number of aromatic nitrogens is 2. The molecule has 3 atom stereocenters. The molecule has 3 rings (SSSR count). The van der Waals surface area contributed by atoms with E-state index in [2.05, 4.69) is 35.2 Å². The van der Waals surface area contributed by atoms with Gasteiger partial charge >= 0.3 is 6.03 Å². The summed E-state index contributed by atoms with van der Waals surface area (Å²) in [6, 6.07) is 2.76. The van der Waals surface area contributed by atoms with E-state index in [1.165, 1.54) is 25.7 Å². The highest BCUT2D eigenvalue weighted by atomic mass is 16.2. The molecular formula is C17H28N4O. The molecule has 1 aliphatic heterocycles. The Bertz CT molecular complexity index is 539. The predicted molar refractivity (Wildman–Crippen MR) is 86.8 cm³/mol. The van der Waals surface area contributed by atoms with Crippen molar-refractivity contribution in [2.24, 2.45) is 5.92 Å². The van der Waals surface area contributed by atoms with Gasteiger partial charge in [-0.3, -0.25) is 4.68 Å². The van der Waals surface area contributed by atoms with E-state index < -0.39 is 0 Å². The van der Waals surface area contributed by atoms with Gasteiger partial charge in [-0.15, -0.1) is 0 Å². The molecule has 122 valence electrons. The topological polar surface area (TPSA) is 50.2 Å². The molecule has 2 fully saturated rings. The van der Waals surface area contributed by atoms with Gasteiger partial charge < -0.3 is 10.2 Å². The number of nitrogens with one attached hydrogen (secondary N) is 1. The fourth-order valence-corrected chi connectivity index (χ4v) is 4.16. The molecule has 1 saturated heterocycles. The zero-order valence-electron chi connectivity index (χ0n) is 14.0. The van der Waals surface area contributed by atoms with Crippen LogP contribution < -0.4 is 5.32 Å². The van der Waals surface area contributed by atoms with Gasteiger partial charge in [0, 0.05) is 24.3 Å². The lowest BCUT2D eigenvalue weighted by Gasteiger charge is -2.38. The van der Waals surface area contributed by atoms with Crippen molar-refractivity contribution < 1.29 is 4.79 Å². The van der Waals surface area contributed by atoms with Gasteiger partial charge in [0.1, 0.15) is 0 Å². The Kier molecular flexibility index (Phi) is 4.41. The number of aryl methyl sites for hydroxylation is 2. The highest BCUT2D eigenvalue weighted by Crippen LogP contribution is 2.36. The summed E-state index contributed by atoms with van der Waals surface area (Å²) in [5.41, 5.74) is 2.17. The van der Waals surface area contributed by atoms with Gasteiger partial charge in [0.2, 0.25) is 0 Å². The molecule has 2 heterocycles. The van der Waals surface area contributed by atoms with Crippen molar-refractivity contribution in [1.82, 2.24) is 20.0 Å². The summed E-state index contributed by atoms with van der Waals surface area (Å²) in [5, 5.41) is 7.65. The third kappa shape index (κ3) is 3.13. The normalized spacial score (nSPS) is 25.9. The van der Waals surface area contributed by atoms with E-state index >= 15 is 0 Å². The van der Waals surface area contributed by atoms with Crippen LogP contribution in [-0.4, -0.2) is 39.3 Å². The van der Waals surface area contributed by atoms with Crippen LogP contribution in [0, 0.1) is 19.8 Å². The van der Waals surface area contributed by atoms with Crippen LogP contribution >= 0.6 is 0 Å². The highest BCUT2D eigenvalue weighted by Gasteiger charge is 2.37. The summed E-state index contributed by atoms with van der Waals surface area (Å²) >= 11 is 0. The van der Waals surface area contributed by atoms with Gasteiger partial charge in [-0.1, -0.05) is 6.42 Å². The van der Waals surface area contributed by atoms with Crippen molar-refractivity contribution in [2.45, 2.75) is 71.5 Å². The average molecular weight is 304 g/mol. The van der Waals surface area contributed by atoms with Crippen molar-refractivity contribution in [3.05, 3.63) is 17.5 Å². The van der Waals surface area contributed by atoms with E-state index in [0.29, 0.717) is 6.04 Å². The lowest BCUT2D eigenvalue weighted by atomic mass is 9.92. The summed E-state index contributed by atoms with van der Waals surface area (Å²) in [4.78, 5) is 14.7. The van der Waals surface area contributed by atoms with Crippen LogP contribution in [0.15, 0.2) is 6.07 Å². The van der Waals surface area contributed by atoms with Gasteiger partial charge in [-0.05, 0) is 58.4 Å². The second-order valence-electron chi connectivity index (χ2n) is 7.05. The highest BCUT2D eigenvalue weighted by molar-refractivity contribution is 5.75. The van der Waals surface area contributed by atoms with Crippen LogP contribution in [0.1, 0.15) is 50.4 Å². The summed E-state index contributed by atoms with van der Waals surface area (Å²) < 4.78 is 1.98. The van der Waals surface area contributed by atoms with Crippen LogP contribution in [-0.2, 0) is 6.54 Å². The van der Waals surface area contributed by atoms with Crippen LogP contribution in [0.4, 0.5) is 4.79 Å². The third-order valence-corrected chi connectivity index (χ3v) is 5.17. The molecule has 1 N–H and O–H groups in total. The third-order valence-electron chi connectivity index (χ3n) is 5.17. The SMILES string of the molecule is Cc1cc(C)n(CC(C)NC(=O)N2CCCC3CCCC32)n1. The van der Waals surface area contributed by atoms with E-state index in [9.17, 15) is 4.79 Å². The Morgan fingerprint density at radius 1 is 1.36 bits per heavy atom. The summed E-state index contributed by atoms with van der Waals surface area (Å²) in [6.07, 6.45) is 6.22. The minimum Gasteiger partial charge on any atom is -0.334 e. The van der Waals surface area contributed by atoms with Gasteiger partial charge in [-0.25, -0.2) is 4.79 Å². The molecule has 1 aromatic rings. The summed E-state index contributed by atoms with van der Waals surface area (Å²) in [7, 11) is 0. The number of rotatable bonds is 3. The Balaban J connectivity index is 1.57. The van der Waals surface area contributed by atoms with E-state index in [4.69, 9.17) is 0 Å². The first-order chi connectivity index (χ1) is 10.5. The Morgan fingerprint density at radius 3 is 2.86 bits per heavy atom. The van der Waals surface area contributed by atoms with Crippen molar-refractivity contribution in [3.8, 4) is 0 Å². The number of nitrogens with zero attached hydrogens (tertiary/aromatic N) is 3. The molecule has 2 aliphatic rings. The first-order valence-electron chi connectivity index (χ1n) is 8.63. The van der Waals surface area contributed by atoms with Gasteiger partial charge in [0.25, 0.3) is 0 Å². The smallest absolute Gasteiger partial charge is 0.317 e. The summed E-state index contributed by atoms with van der Waals surface area (Å²) in [6.45, 7) is 7.76. The van der Waals surface area contributed by atoms with Crippen molar-refractivity contribution >= 4 is 6.03 Å². The minimum absolute atomic E-state index is 0.0901. The Morgan fingerprint density at radius 2 is 2.14 bits per heavy atom. The maximum Gasteiger partial charge on any atom is 0.317 e. The first kappa shape index (κ1) is 15.4. The van der Waals surface area contributed by atoms with Gasteiger partial charge in [-0.2, -0.15) is 5.10 Å². The fourth-order valence-electron chi connectivity index (χ4n) is 4.16. The Hall–Kier alpha value is -1.52. The molecule has 22 heavy (non-hydrogen) atoms. The number of urea groups is 1. The minimum atomic E-state index is 0.0901. The standard InChI is InChI=1S/C17H28N4O/c1-12-10-14(3)21(19-12)11-13(2)18-17(22)20-9-5-7-15-6-4-8-16(15)20/h10,13,15-16H,4-9,11H2,1-3H3,(H,18,22). The molecule has 0 aromatic carbocycles. The van der Waals surface area contributed by atoms with Crippen LogP contribution in [0.3, 0.4) is 0 Å². The maximum absolute atomic E-state index is 12.6. The molecule has 1 aromatic heterocycles. The predicted octanol–water partition coefficient (Wildman–Crippen LogP) is 2.86. The van der Waals surface area contributed by atoms with E-state index in [0.717, 1.165) is 36.8 Å². The van der Waals surface area contributed by atoms with Crippen molar-refractivity contribution in [3.63, 3.8) is 0 Å². The van der Waals surface area contributed by atoms with Gasteiger partial charge in [0.05, 0.1) is 12.2 Å². The number of amides is 2. The van der Waals surface area contributed by atoms with Crippen LogP contribution in [0.2, 0.25) is 0 Å². The molecule has 5 heteroatoms. The van der Waals surface area contributed by atoms with Crippen LogP contribution in [0.25, 0.3) is 0 Å². The average Bonchev–Trinajstić information content (AvgIpc) is 3.05. The monoisotopic (exact) mass is 304 g/mol. The molecule has 0 radical (unpaired) electrons. The number of hydrogen-bond acceptors (Lipinski definition) is 2. The zero-order valence-corrected chi connectivity index (χ0v) is 14.0. The second-order valence-corrected chi connectivity index (χ2v) is 7.05. The molecule has 0 bridgehead atoms. The number of piperidine rings is 1. The second kappa shape index (κ2) is 6.31. The number of carbonyl (C=O) groups excluding carboxylic acids is 1. The summed E-state index contributed by atoms with van der Waals surface area (Å²) in [5.74, 6) is 0.741.